The molecule has 0 aliphatic heterocycles. The van der Waals surface area contributed by atoms with Crippen molar-refractivity contribution in [2.75, 3.05) is 6.54 Å². The van der Waals surface area contributed by atoms with Gasteiger partial charge in [0.1, 0.15) is 0 Å². The molecule has 22 heavy (non-hydrogen) atoms. The summed E-state index contributed by atoms with van der Waals surface area (Å²) in [7, 11) is 0. The van der Waals surface area contributed by atoms with Crippen LogP contribution in [0.1, 0.15) is 55.5 Å². The van der Waals surface area contributed by atoms with E-state index in [0.29, 0.717) is 12.1 Å². The predicted octanol–water partition coefficient (Wildman–Crippen LogP) is 2.88. The Labute approximate surface area is 139 Å². The van der Waals surface area contributed by atoms with Crippen LogP contribution in [0.2, 0.25) is 0 Å². The third-order valence-electron chi connectivity index (χ3n) is 3.43. The summed E-state index contributed by atoms with van der Waals surface area (Å²) in [6, 6.07) is 7.66. The highest BCUT2D eigenvalue weighted by molar-refractivity contribution is 5.98. The van der Waals surface area contributed by atoms with Crippen LogP contribution in [0.4, 0.5) is 0 Å². The average Bonchev–Trinajstić information content (AvgIpc) is 2.50. The third-order valence-corrected chi connectivity index (χ3v) is 3.43. The van der Waals surface area contributed by atoms with Crippen molar-refractivity contribution in [3.05, 3.63) is 35.4 Å². The van der Waals surface area contributed by atoms with Gasteiger partial charge in [-0.1, -0.05) is 37.6 Å². The molecule has 0 unspecified atom stereocenters. The minimum absolute atomic E-state index is 0. The highest BCUT2D eigenvalue weighted by Gasteiger charge is 2.10. The molecular formula is C17H27ClN2O2. The molecule has 1 rings (SSSR count). The first kappa shape index (κ1) is 20.6. The number of Topliss-reactive ketones (excluding diaryl/α,β-unsaturated/α-hetero) is 1. The molecule has 5 heteroatoms. The smallest absolute Gasteiger partial charge is 0.220 e. The molecule has 1 atom stereocenters. The Morgan fingerprint density at radius 3 is 2.36 bits per heavy atom. The average molecular weight is 327 g/mol. The first-order chi connectivity index (χ1) is 10.1. The van der Waals surface area contributed by atoms with Crippen molar-refractivity contribution in [1.82, 2.24) is 5.32 Å². The number of nitrogens with one attached hydrogen (secondary N) is 1. The lowest BCUT2D eigenvalue weighted by Gasteiger charge is -2.10. The van der Waals surface area contributed by atoms with E-state index in [-0.39, 0.29) is 43.0 Å². The largest absolute Gasteiger partial charge is 0.352 e. The van der Waals surface area contributed by atoms with Crippen LogP contribution in [0.5, 0.6) is 0 Å². The molecule has 0 fully saturated rings. The van der Waals surface area contributed by atoms with Crippen LogP contribution in [0.15, 0.2) is 24.3 Å². The number of halogens is 1. The molecule has 0 spiro atoms. The lowest BCUT2D eigenvalue weighted by Crippen LogP contribution is -2.37. The number of unbranched alkanes of at least 4 members (excludes halogenated alkanes) is 1. The van der Waals surface area contributed by atoms with Gasteiger partial charge in [0.15, 0.2) is 5.78 Å². The van der Waals surface area contributed by atoms with Crippen molar-refractivity contribution in [2.24, 2.45) is 5.73 Å². The van der Waals surface area contributed by atoms with Crippen molar-refractivity contribution in [3.63, 3.8) is 0 Å². The molecule has 0 aliphatic carbocycles. The standard InChI is InChI=1S/C17H26N2O2.ClH/c1-3-4-5-14-6-8-15(9-7-14)16(20)10-11-17(21)19-13(2)12-18;/h6-9,13H,3-5,10-12,18H2,1-2H3,(H,19,21);1H/t13-;/m0./s1. The molecule has 1 amide bonds. The maximum absolute atomic E-state index is 12.0. The lowest BCUT2D eigenvalue weighted by molar-refractivity contribution is -0.121. The van der Waals surface area contributed by atoms with Gasteiger partial charge in [-0.25, -0.2) is 0 Å². The first-order valence-electron chi connectivity index (χ1n) is 7.68. The summed E-state index contributed by atoms with van der Waals surface area (Å²) in [5.41, 5.74) is 7.36. The second-order valence-electron chi connectivity index (χ2n) is 5.43. The quantitative estimate of drug-likeness (QED) is 0.685. The molecule has 1 aromatic carbocycles. The molecule has 1 aromatic rings. The summed E-state index contributed by atoms with van der Waals surface area (Å²) in [6.45, 7) is 4.40. The van der Waals surface area contributed by atoms with E-state index >= 15 is 0 Å². The number of nitrogens with two attached hydrogens (primary N) is 1. The topological polar surface area (TPSA) is 72.2 Å². The van der Waals surface area contributed by atoms with E-state index in [4.69, 9.17) is 5.73 Å². The van der Waals surface area contributed by atoms with Crippen LogP contribution >= 0.6 is 12.4 Å². The molecular weight excluding hydrogens is 300 g/mol. The Balaban J connectivity index is 0.00000441. The summed E-state index contributed by atoms with van der Waals surface area (Å²) >= 11 is 0. The summed E-state index contributed by atoms with van der Waals surface area (Å²) in [5.74, 6) is -0.117. The third kappa shape index (κ3) is 7.57. The fourth-order valence-electron chi connectivity index (χ4n) is 2.02. The number of amides is 1. The molecule has 0 radical (unpaired) electrons. The van der Waals surface area contributed by atoms with Crippen molar-refractivity contribution in [1.29, 1.82) is 0 Å². The fraction of sp³-hybridized carbons (Fsp3) is 0.529. The van der Waals surface area contributed by atoms with Gasteiger partial charge in [0.25, 0.3) is 0 Å². The zero-order valence-electron chi connectivity index (χ0n) is 13.4. The van der Waals surface area contributed by atoms with Gasteiger partial charge in [0.2, 0.25) is 5.91 Å². The maximum atomic E-state index is 12.0. The maximum Gasteiger partial charge on any atom is 0.220 e. The second-order valence-corrected chi connectivity index (χ2v) is 5.43. The second kappa shape index (κ2) is 11.2. The Hall–Kier alpha value is -1.39. The van der Waals surface area contributed by atoms with Crippen LogP contribution in [0.3, 0.4) is 0 Å². The van der Waals surface area contributed by atoms with E-state index in [2.05, 4.69) is 12.2 Å². The van der Waals surface area contributed by atoms with Crippen molar-refractivity contribution >= 4 is 24.1 Å². The van der Waals surface area contributed by atoms with E-state index in [1.807, 2.05) is 31.2 Å². The summed E-state index contributed by atoms with van der Waals surface area (Å²) < 4.78 is 0. The van der Waals surface area contributed by atoms with Gasteiger partial charge in [-0.15, -0.1) is 12.4 Å². The predicted molar refractivity (Wildman–Crippen MR) is 92.5 cm³/mol. The van der Waals surface area contributed by atoms with Gasteiger partial charge in [-0.05, 0) is 25.3 Å². The molecule has 3 N–H and O–H groups in total. The highest BCUT2D eigenvalue weighted by atomic mass is 35.5. The van der Waals surface area contributed by atoms with Gasteiger partial charge in [0.05, 0.1) is 0 Å². The lowest BCUT2D eigenvalue weighted by atomic mass is 10.0. The Bertz CT molecular complexity index is 460. The van der Waals surface area contributed by atoms with Crippen molar-refractivity contribution < 1.29 is 9.59 Å². The zero-order chi connectivity index (χ0) is 15.7. The van der Waals surface area contributed by atoms with Gasteiger partial charge < -0.3 is 11.1 Å². The monoisotopic (exact) mass is 326 g/mol. The normalized spacial score (nSPS) is 11.4. The minimum Gasteiger partial charge on any atom is -0.352 e. The SMILES string of the molecule is CCCCc1ccc(C(=O)CCC(=O)N[C@@H](C)CN)cc1.Cl. The van der Waals surface area contributed by atoms with E-state index < -0.39 is 0 Å². The fourth-order valence-corrected chi connectivity index (χ4v) is 2.02. The molecule has 0 aliphatic rings. The van der Waals surface area contributed by atoms with E-state index in [1.54, 1.807) is 0 Å². The number of benzene rings is 1. The highest BCUT2D eigenvalue weighted by Crippen LogP contribution is 2.10. The van der Waals surface area contributed by atoms with Gasteiger partial charge in [-0.3, -0.25) is 9.59 Å². The number of hydrogen-bond donors (Lipinski definition) is 2. The van der Waals surface area contributed by atoms with Gasteiger partial charge >= 0.3 is 0 Å². The molecule has 0 saturated heterocycles. The van der Waals surface area contributed by atoms with E-state index in [0.717, 1.165) is 19.3 Å². The number of rotatable bonds is 9. The van der Waals surface area contributed by atoms with Crippen LogP contribution < -0.4 is 11.1 Å². The molecule has 0 heterocycles. The van der Waals surface area contributed by atoms with E-state index in [9.17, 15) is 9.59 Å². The molecule has 0 bridgehead atoms. The van der Waals surface area contributed by atoms with Crippen LogP contribution in [-0.2, 0) is 11.2 Å². The van der Waals surface area contributed by atoms with Crippen LogP contribution in [0, 0.1) is 0 Å². The van der Waals surface area contributed by atoms with Gasteiger partial charge in [-0.2, -0.15) is 0 Å². The first-order valence-corrected chi connectivity index (χ1v) is 7.68. The van der Waals surface area contributed by atoms with Crippen molar-refractivity contribution in [2.45, 2.75) is 52.0 Å². The number of carbonyl (C=O) groups is 2. The van der Waals surface area contributed by atoms with Crippen LogP contribution in [-0.4, -0.2) is 24.3 Å². The number of carbonyl (C=O) groups excluding carboxylic acids is 2. The molecule has 4 nitrogen and oxygen atoms in total. The van der Waals surface area contributed by atoms with E-state index in [1.165, 1.54) is 5.56 Å². The summed E-state index contributed by atoms with van der Waals surface area (Å²) in [4.78, 5) is 23.6. The van der Waals surface area contributed by atoms with Crippen LogP contribution in [0.25, 0.3) is 0 Å². The molecule has 124 valence electrons. The number of aryl methyl sites for hydroxylation is 1. The number of ketones is 1. The van der Waals surface area contributed by atoms with Crippen molar-refractivity contribution in [3.8, 4) is 0 Å². The minimum atomic E-state index is -0.124. The Kier molecular flexibility index (Phi) is 10.5. The zero-order valence-corrected chi connectivity index (χ0v) is 14.2. The number of hydrogen-bond acceptors (Lipinski definition) is 3. The summed E-state index contributed by atoms with van der Waals surface area (Å²) in [5, 5.41) is 2.75. The van der Waals surface area contributed by atoms with Gasteiger partial charge in [0, 0.05) is 31.0 Å². The Morgan fingerprint density at radius 2 is 1.82 bits per heavy atom. The Morgan fingerprint density at radius 1 is 1.18 bits per heavy atom. The summed E-state index contributed by atoms with van der Waals surface area (Å²) in [6.07, 6.45) is 3.81. The molecule has 0 saturated carbocycles. The molecule has 0 aromatic heterocycles.